The van der Waals surface area contributed by atoms with Gasteiger partial charge in [-0.05, 0) is 37.6 Å². The minimum Gasteiger partial charge on any atom is -0.305 e. The van der Waals surface area contributed by atoms with Crippen LogP contribution in [-0.2, 0) is 5.54 Å². The van der Waals surface area contributed by atoms with Gasteiger partial charge in [-0.1, -0.05) is 23.7 Å². The predicted molar refractivity (Wildman–Crippen MR) is 63.6 cm³/mol. The summed E-state index contributed by atoms with van der Waals surface area (Å²) in [5, 5.41) is 3.89. The van der Waals surface area contributed by atoms with Crippen molar-refractivity contribution < 1.29 is 4.39 Å². The van der Waals surface area contributed by atoms with E-state index in [1.807, 2.05) is 19.1 Å². The smallest absolute Gasteiger partial charge is 0.123 e. The highest BCUT2D eigenvalue weighted by atomic mass is 35.5. The average molecular weight is 250 g/mol. The molecule has 1 aliphatic heterocycles. The van der Waals surface area contributed by atoms with Crippen LogP contribution >= 0.6 is 24.0 Å². The third-order valence-corrected chi connectivity index (χ3v) is 3.21. The number of benzene rings is 1. The molecule has 1 nitrogen and oxygen atoms in total. The lowest BCUT2D eigenvalue weighted by molar-refractivity contribution is 0.220. The van der Waals surface area contributed by atoms with Crippen molar-refractivity contribution in [3.05, 3.63) is 34.9 Å². The SMILES string of the molecule is CC1(c2ccc(Cl)cc2)NCCC1F.Cl. The molecule has 0 amide bonds. The second-order valence-corrected chi connectivity index (χ2v) is 4.33. The lowest BCUT2D eigenvalue weighted by atomic mass is 9.89. The van der Waals surface area contributed by atoms with Gasteiger partial charge in [-0.25, -0.2) is 4.39 Å². The maximum Gasteiger partial charge on any atom is 0.123 e. The van der Waals surface area contributed by atoms with Gasteiger partial charge in [0.1, 0.15) is 6.17 Å². The van der Waals surface area contributed by atoms with E-state index in [2.05, 4.69) is 5.32 Å². The summed E-state index contributed by atoms with van der Waals surface area (Å²) < 4.78 is 13.7. The lowest BCUT2D eigenvalue weighted by Gasteiger charge is -2.27. The van der Waals surface area contributed by atoms with E-state index >= 15 is 0 Å². The van der Waals surface area contributed by atoms with Crippen LogP contribution in [0.4, 0.5) is 4.39 Å². The van der Waals surface area contributed by atoms with Gasteiger partial charge in [-0.2, -0.15) is 0 Å². The Morgan fingerprint density at radius 1 is 1.40 bits per heavy atom. The molecule has 1 heterocycles. The largest absolute Gasteiger partial charge is 0.305 e. The van der Waals surface area contributed by atoms with Crippen molar-refractivity contribution in [3.8, 4) is 0 Å². The summed E-state index contributed by atoms with van der Waals surface area (Å²) in [4.78, 5) is 0. The van der Waals surface area contributed by atoms with Gasteiger partial charge in [0.15, 0.2) is 0 Å². The van der Waals surface area contributed by atoms with Gasteiger partial charge < -0.3 is 5.32 Å². The molecule has 0 radical (unpaired) electrons. The zero-order chi connectivity index (χ0) is 10.2. The molecule has 1 aromatic rings. The molecule has 2 unspecified atom stereocenters. The second kappa shape index (κ2) is 4.69. The molecule has 15 heavy (non-hydrogen) atoms. The molecule has 2 rings (SSSR count). The van der Waals surface area contributed by atoms with E-state index in [9.17, 15) is 4.39 Å². The highest BCUT2D eigenvalue weighted by Crippen LogP contribution is 2.33. The van der Waals surface area contributed by atoms with Crippen molar-refractivity contribution >= 4 is 24.0 Å². The Hall–Kier alpha value is -0.310. The fraction of sp³-hybridized carbons (Fsp3) is 0.455. The first kappa shape index (κ1) is 12.8. The standard InChI is InChI=1S/C11H13ClFN.ClH/c1-11(10(13)6-7-14-11)8-2-4-9(12)5-3-8;/h2-5,10,14H,6-7H2,1H3;1H. The van der Waals surface area contributed by atoms with Crippen molar-refractivity contribution in [1.29, 1.82) is 0 Å². The summed E-state index contributed by atoms with van der Waals surface area (Å²) in [6, 6.07) is 7.37. The normalized spacial score (nSPS) is 29.9. The number of hydrogen-bond acceptors (Lipinski definition) is 1. The number of rotatable bonds is 1. The molecule has 0 aromatic heterocycles. The topological polar surface area (TPSA) is 12.0 Å². The second-order valence-electron chi connectivity index (χ2n) is 3.89. The quantitative estimate of drug-likeness (QED) is 0.806. The zero-order valence-corrected chi connectivity index (χ0v) is 10.0. The summed E-state index contributed by atoms with van der Waals surface area (Å²) >= 11 is 5.79. The summed E-state index contributed by atoms with van der Waals surface area (Å²) in [7, 11) is 0. The van der Waals surface area contributed by atoms with E-state index in [4.69, 9.17) is 11.6 Å². The van der Waals surface area contributed by atoms with E-state index in [1.54, 1.807) is 12.1 Å². The van der Waals surface area contributed by atoms with Gasteiger partial charge in [0, 0.05) is 5.02 Å². The number of alkyl halides is 1. The molecule has 0 spiro atoms. The Morgan fingerprint density at radius 2 is 2.00 bits per heavy atom. The zero-order valence-electron chi connectivity index (χ0n) is 8.47. The average Bonchev–Trinajstić information content (AvgIpc) is 2.49. The monoisotopic (exact) mass is 249 g/mol. The van der Waals surface area contributed by atoms with Crippen LogP contribution in [0.3, 0.4) is 0 Å². The highest BCUT2D eigenvalue weighted by molar-refractivity contribution is 6.30. The van der Waals surface area contributed by atoms with Crippen LogP contribution < -0.4 is 5.32 Å². The minimum absolute atomic E-state index is 0. The van der Waals surface area contributed by atoms with Crippen molar-refractivity contribution in [1.82, 2.24) is 5.32 Å². The van der Waals surface area contributed by atoms with Crippen molar-refractivity contribution in [2.75, 3.05) is 6.54 Å². The van der Waals surface area contributed by atoms with Gasteiger partial charge in [0.2, 0.25) is 0 Å². The van der Waals surface area contributed by atoms with Crippen LogP contribution in [0.25, 0.3) is 0 Å². The van der Waals surface area contributed by atoms with E-state index in [0.29, 0.717) is 11.4 Å². The Morgan fingerprint density at radius 3 is 2.47 bits per heavy atom. The van der Waals surface area contributed by atoms with E-state index < -0.39 is 11.7 Å². The molecular weight excluding hydrogens is 236 g/mol. The molecule has 2 atom stereocenters. The molecule has 1 saturated heterocycles. The highest BCUT2D eigenvalue weighted by Gasteiger charge is 2.40. The maximum absolute atomic E-state index is 13.7. The van der Waals surface area contributed by atoms with Gasteiger partial charge in [0.05, 0.1) is 5.54 Å². The predicted octanol–water partition coefficient (Wildman–Crippen LogP) is 3.31. The maximum atomic E-state index is 13.7. The number of hydrogen-bond donors (Lipinski definition) is 1. The molecule has 0 aliphatic carbocycles. The molecular formula is C11H14Cl2FN. The van der Waals surface area contributed by atoms with E-state index in [-0.39, 0.29) is 12.4 Å². The Kier molecular flexibility index (Phi) is 3.99. The third kappa shape index (κ3) is 2.27. The van der Waals surface area contributed by atoms with Gasteiger partial charge in [-0.15, -0.1) is 12.4 Å². The molecule has 0 saturated carbocycles. The van der Waals surface area contributed by atoms with E-state index in [1.165, 1.54) is 0 Å². The molecule has 1 fully saturated rings. The van der Waals surface area contributed by atoms with Crippen LogP contribution in [0.2, 0.25) is 5.02 Å². The lowest BCUT2D eigenvalue weighted by Crippen LogP contribution is -2.39. The summed E-state index contributed by atoms with van der Waals surface area (Å²) in [5.74, 6) is 0. The summed E-state index contributed by atoms with van der Waals surface area (Å²) in [6.07, 6.45) is -0.234. The van der Waals surface area contributed by atoms with Crippen LogP contribution in [0.5, 0.6) is 0 Å². The summed E-state index contributed by atoms with van der Waals surface area (Å²) in [6.45, 7) is 2.63. The fourth-order valence-corrected chi connectivity index (χ4v) is 2.06. The molecule has 1 N–H and O–H groups in total. The van der Waals surface area contributed by atoms with Gasteiger partial charge >= 0.3 is 0 Å². The van der Waals surface area contributed by atoms with Crippen LogP contribution in [0, 0.1) is 0 Å². The Bertz CT molecular complexity index is 328. The molecule has 4 heteroatoms. The first-order chi connectivity index (χ1) is 6.63. The molecule has 1 aromatic carbocycles. The third-order valence-electron chi connectivity index (χ3n) is 2.96. The van der Waals surface area contributed by atoms with Crippen LogP contribution in [0.1, 0.15) is 18.9 Å². The first-order valence-corrected chi connectivity index (χ1v) is 5.16. The first-order valence-electron chi connectivity index (χ1n) is 4.78. The van der Waals surface area contributed by atoms with Crippen molar-refractivity contribution in [3.63, 3.8) is 0 Å². The van der Waals surface area contributed by atoms with Crippen molar-refractivity contribution in [2.24, 2.45) is 0 Å². The van der Waals surface area contributed by atoms with Gasteiger partial charge in [0.25, 0.3) is 0 Å². The van der Waals surface area contributed by atoms with E-state index in [0.717, 1.165) is 12.1 Å². The molecule has 84 valence electrons. The van der Waals surface area contributed by atoms with Crippen LogP contribution in [0.15, 0.2) is 24.3 Å². The number of nitrogens with one attached hydrogen (secondary N) is 1. The number of halogens is 3. The Labute approximate surface area is 100 Å². The van der Waals surface area contributed by atoms with Gasteiger partial charge in [-0.3, -0.25) is 0 Å². The molecule has 0 bridgehead atoms. The fourth-order valence-electron chi connectivity index (χ4n) is 1.94. The molecule has 1 aliphatic rings. The van der Waals surface area contributed by atoms with Crippen LogP contribution in [-0.4, -0.2) is 12.7 Å². The van der Waals surface area contributed by atoms with Crippen molar-refractivity contribution in [2.45, 2.75) is 25.1 Å². The minimum atomic E-state index is -0.816. The Balaban J connectivity index is 0.00000112. The summed E-state index contributed by atoms with van der Waals surface area (Å²) in [5.41, 5.74) is 0.428.